The van der Waals surface area contributed by atoms with Gasteiger partial charge in [-0.05, 0) is 36.9 Å². The van der Waals surface area contributed by atoms with Gasteiger partial charge in [-0.15, -0.1) is 22.9 Å². The quantitative estimate of drug-likeness (QED) is 0.679. The molecular weight excluding hydrogens is 278 g/mol. The first kappa shape index (κ1) is 12.6. The minimum Gasteiger partial charge on any atom is -0.304 e. The molecule has 0 saturated heterocycles. The molecule has 1 atom stereocenters. The summed E-state index contributed by atoms with van der Waals surface area (Å²) in [5.41, 5.74) is 2.99. The van der Waals surface area contributed by atoms with Gasteiger partial charge in [0.25, 0.3) is 0 Å². The van der Waals surface area contributed by atoms with Crippen molar-refractivity contribution in [2.75, 3.05) is 0 Å². The van der Waals surface area contributed by atoms with Crippen molar-refractivity contribution >= 4 is 34.1 Å². The highest BCUT2D eigenvalue weighted by Gasteiger charge is 2.19. The number of pyridine rings is 1. The van der Waals surface area contributed by atoms with E-state index in [0.29, 0.717) is 5.88 Å². The van der Waals surface area contributed by atoms with Gasteiger partial charge in [-0.1, -0.05) is 6.07 Å². The van der Waals surface area contributed by atoms with Crippen LogP contribution in [0.1, 0.15) is 29.2 Å². The zero-order valence-corrected chi connectivity index (χ0v) is 12.4. The number of aryl methyl sites for hydroxylation is 1. The van der Waals surface area contributed by atoms with E-state index in [1.807, 2.05) is 12.3 Å². The Labute approximate surface area is 120 Å². The fourth-order valence-electron chi connectivity index (χ4n) is 2.31. The number of fused-ring (bicyclic) bond motifs is 1. The van der Waals surface area contributed by atoms with Crippen LogP contribution in [0.3, 0.4) is 0 Å². The maximum atomic E-state index is 6.05. The van der Waals surface area contributed by atoms with E-state index in [0.717, 1.165) is 22.6 Å². The Kier molecular flexibility index (Phi) is 3.29. The van der Waals surface area contributed by atoms with Crippen LogP contribution in [0.4, 0.5) is 0 Å². The zero-order chi connectivity index (χ0) is 13.4. The van der Waals surface area contributed by atoms with Crippen molar-refractivity contribution in [3.8, 4) is 0 Å². The van der Waals surface area contributed by atoms with Crippen LogP contribution in [-0.4, -0.2) is 14.5 Å². The number of imidazole rings is 1. The highest BCUT2D eigenvalue weighted by molar-refractivity contribution is 7.10. The lowest BCUT2D eigenvalue weighted by Gasteiger charge is -2.14. The molecular formula is C14H14ClN3S. The van der Waals surface area contributed by atoms with Crippen molar-refractivity contribution in [3.63, 3.8) is 0 Å². The maximum Gasteiger partial charge on any atom is 0.160 e. The molecule has 0 aliphatic rings. The molecule has 0 fully saturated rings. The van der Waals surface area contributed by atoms with Gasteiger partial charge in [-0.25, -0.2) is 9.97 Å². The molecule has 98 valence electrons. The van der Waals surface area contributed by atoms with Crippen molar-refractivity contribution in [3.05, 3.63) is 46.0 Å². The minimum atomic E-state index is 0.202. The van der Waals surface area contributed by atoms with Gasteiger partial charge < -0.3 is 4.57 Å². The first-order chi connectivity index (χ1) is 9.22. The fraction of sp³-hybridized carbons (Fsp3) is 0.286. The summed E-state index contributed by atoms with van der Waals surface area (Å²) in [7, 11) is 0. The van der Waals surface area contributed by atoms with Crippen LogP contribution >= 0.6 is 22.9 Å². The van der Waals surface area contributed by atoms with Gasteiger partial charge in [0.15, 0.2) is 5.65 Å². The van der Waals surface area contributed by atoms with Gasteiger partial charge in [0.05, 0.1) is 11.9 Å². The molecule has 3 aromatic rings. The van der Waals surface area contributed by atoms with Crippen LogP contribution in [0.25, 0.3) is 11.2 Å². The minimum absolute atomic E-state index is 0.202. The van der Waals surface area contributed by atoms with Gasteiger partial charge in [0, 0.05) is 11.1 Å². The monoisotopic (exact) mass is 291 g/mol. The third-order valence-corrected chi connectivity index (χ3v) is 4.60. The van der Waals surface area contributed by atoms with Gasteiger partial charge in [0.2, 0.25) is 0 Å². The molecule has 5 heteroatoms. The summed E-state index contributed by atoms with van der Waals surface area (Å²) in [6, 6.07) is 6.38. The molecule has 3 aromatic heterocycles. The lowest BCUT2D eigenvalue weighted by Crippen LogP contribution is -2.09. The summed E-state index contributed by atoms with van der Waals surface area (Å²) in [6.45, 7) is 4.21. The fourth-order valence-corrected chi connectivity index (χ4v) is 3.28. The van der Waals surface area contributed by atoms with E-state index in [1.165, 1.54) is 4.88 Å². The molecule has 19 heavy (non-hydrogen) atoms. The summed E-state index contributed by atoms with van der Waals surface area (Å²) in [5, 5.41) is 2.09. The molecule has 3 heterocycles. The van der Waals surface area contributed by atoms with Crippen molar-refractivity contribution < 1.29 is 0 Å². The van der Waals surface area contributed by atoms with Crippen molar-refractivity contribution in [1.29, 1.82) is 0 Å². The summed E-state index contributed by atoms with van der Waals surface area (Å²) in [4.78, 5) is 10.4. The summed E-state index contributed by atoms with van der Waals surface area (Å²) in [5.74, 6) is 1.27. The largest absolute Gasteiger partial charge is 0.304 e. The molecule has 0 spiro atoms. The summed E-state index contributed by atoms with van der Waals surface area (Å²) < 4.78 is 2.14. The molecule has 0 saturated carbocycles. The van der Waals surface area contributed by atoms with Gasteiger partial charge in [-0.3, -0.25) is 0 Å². The third-order valence-electron chi connectivity index (χ3n) is 3.32. The number of rotatable bonds is 3. The molecule has 0 bridgehead atoms. The Morgan fingerprint density at radius 2 is 2.26 bits per heavy atom. The predicted molar refractivity (Wildman–Crippen MR) is 80.0 cm³/mol. The summed E-state index contributed by atoms with van der Waals surface area (Å²) in [6.07, 6.45) is 1.83. The van der Waals surface area contributed by atoms with Gasteiger partial charge >= 0.3 is 0 Å². The normalized spacial score (nSPS) is 13.0. The van der Waals surface area contributed by atoms with Crippen molar-refractivity contribution in [2.24, 2.45) is 0 Å². The summed E-state index contributed by atoms with van der Waals surface area (Å²) >= 11 is 7.80. The molecule has 0 radical (unpaired) electrons. The van der Waals surface area contributed by atoms with E-state index in [9.17, 15) is 0 Å². The highest BCUT2D eigenvalue weighted by atomic mass is 35.5. The maximum absolute atomic E-state index is 6.05. The average Bonchev–Trinajstić information content (AvgIpc) is 3.05. The SMILES string of the molecule is Cc1ccnc2c1nc(CCl)n2C(C)c1cccs1. The molecule has 3 nitrogen and oxygen atoms in total. The van der Waals surface area contributed by atoms with E-state index in [-0.39, 0.29) is 6.04 Å². The molecule has 0 amide bonds. The molecule has 0 aliphatic carbocycles. The lowest BCUT2D eigenvalue weighted by molar-refractivity contribution is 0.639. The first-order valence-corrected chi connectivity index (χ1v) is 7.55. The van der Waals surface area contributed by atoms with Crippen LogP contribution in [-0.2, 0) is 5.88 Å². The van der Waals surface area contributed by atoms with Crippen LogP contribution in [0.15, 0.2) is 29.8 Å². The Bertz CT molecular complexity index is 703. The molecule has 3 rings (SSSR count). The Morgan fingerprint density at radius 3 is 2.95 bits per heavy atom. The van der Waals surface area contributed by atoms with E-state index in [4.69, 9.17) is 11.6 Å². The van der Waals surface area contributed by atoms with E-state index < -0.39 is 0 Å². The number of aromatic nitrogens is 3. The number of hydrogen-bond donors (Lipinski definition) is 0. The topological polar surface area (TPSA) is 30.7 Å². The second-order valence-corrected chi connectivity index (χ2v) is 5.77. The Hall–Kier alpha value is -1.39. The van der Waals surface area contributed by atoms with Crippen LogP contribution in [0, 0.1) is 6.92 Å². The third kappa shape index (κ3) is 2.05. The molecule has 0 N–H and O–H groups in total. The van der Waals surface area contributed by atoms with E-state index in [2.05, 4.69) is 45.9 Å². The lowest BCUT2D eigenvalue weighted by atomic mass is 10.2. The highest BCUT2D eigenvalue weighted by Crippen LogP contribution is 2.29. The second-order valence-electron chi connectivity index (χ2n) is 4.52. The first-order valence-electron chi connectivity index (χ1n) is 6.14. The van der Waals surface area contributed by atoms with Crippen molar-refractivity contribution in [2.45, 2.75) is 25.8 Å². The van der Waals surface area contributed by atoms with E-state index >= 15 is 0 Å². The Balaban J connectivity index is 2.24. The number of thiophene rings is 1. The van der Waals surface area contributed by atoms with Crippen LogP contribution < -0.4 is 0 Å². The van der Waals surface area contributed by atoms with Crippen LogP contribution in [0.2, 0.25) is 0 Å². The number of nitrogens with zero attached hydrogens (tertiary/aromatic N) is 3. The standard InChI is InChI=1S/C14H14ClN3S/c1-9-5-6-16-14-13(9)17-12(8-15)18(14)10(2)11-4-3-7-19-11/h3-7,10H,8H2,1-2H3. The Morgan fingerprint density at radius 1 is 1.42 bits per heavy atom. The zero-order valence-electron chi connectivity index (χ0n) is 10.8. The number of hydrogen-bond acceptors (Lipinski definition) is 3. The van der Waals surface area contributed by atoms with Crippen molar-refractivity contribution in [1.82, 2.24) is 14.5 Å². The van der Waals surface area contributed by atoms with E-state index in [1.54, 1.807) is 11.3 Å². The average molecular weight is 292 g/mol. The second kappa shape index (κ2) is 4.94. The van der Waals surface area contributed by atoms with Gasteiger partial charge in [-0.2, -0.15) is 0 Å². The van der Waals surface area contributed by atoms with Gasteiger partial charge in [0.1, 0.15) is 11.3 Å². The van der Waals surface area contributed by atoms with Crippen LogP contribution in [0.5, 0.6) is 0 Å². The molecule has 1 unspecified atom stereocenters. The predicted octanol–water partition coefficient (Wildman–Crippen LogP) is 4.15. The number of alkyl halides is 1. The molecule has 0 aromatic carbocycles. The smallest absolute Gasteiger partial charge is 0.160 e. The number of halogens is 1. The molecule has 0 aliphatic heterocycles.